The highest BCUT2D eigenvalue weighted by atomic mass is 19.4. The molecule has 0 radical (unpaired) electrons. The third-order valence-corrected chi connectivity index (χ3v) is 5.76. The highest BCUT2D eigenvalue weighted by Gasteiger charge is 2.37. The van der Waals surface area contributed by atoms with Crippen molar-refractivity contribution in [3.8, 4) is 17.1 Å². The van der Waals surface area contributed by atoms with Crippen molar-refractivity contribution >= 4 is 5.69 Å². The van der Waals surface area contributed by atoms with E-state index in [0.29, 0.717) is 24.4 Å². The molecule has 0 saturated heterocycles. The summed E-state index contributed by atoms with van der Waals surface area (Å²) >= 11 is 0. The number of hydrogen-bond acceptors (Lipinski definition) is 4. The first-order valence-corrected chi connectivity index (χ1v) is 9.71. The number of alkyl halides is 3. The Morgan fingerprint density at radius 2 is 1.87 bits per heavy atom. The van der Waals surface area contributed by atoms with Gasteiger partial charge in [-0.25, -0.2) is 0 Å². The molecule has 1 atom stereocenters. The number of methoxy groups -OCH3 is 1. The molecular formula is C21H24F3N5O. The normalized spacial score (nSPS) is 16.7. The molecule has 0 spiro atoms. The van der Waals surface area contributed by atoms with Gasteiger partial charge in [-0.3, -0.25) is 9.36 Å². The van der Waals surface area contributed by atoms with Gasteiger partial charge < -0.3 is 9.64 Å². The number of ether oxygens (including phenoxy) is 1. The summed E-state index contributed by atoms with van der Waals surface area (Å²) in [5.74, 6) is 0.824. The number of halogens is 3. The maximum atomic E-state index is 13.2. The first-order chi connectivity index (χ1) is 14.1. The summed E-state index contributed by atoms with van der Waals surface area (Å²) < 4.78 is 48.0. The maximum Gasteiger partial charge on any atom is 0.435 e. The van der Waals surface area contributed by atoms with E-state index in [-0.39, 0.29) is 6.04 Å². The highest BCUT2D eigenvalue weighted by Crippen LogP contribution is 2.42. The fourth-order valence-corrected chi connectivity index (χ4v) is 4.35. The molecule has 0 amide bonds. The predicted molar refractivity (Wildman–Crippen MR) is 108 cm³/mol. The van der Waals surface area contributed by atoms with Crippen LogP contribution in [0.15, 0.2) is 24.3 Å². The summed E-state index contributed by atoms with van der Waals surface area (Å²) in [6.07, 6.45) is -3.83. The number of nitrogens with zero attached hydrogens (tertiary/aromatic N) is 5. The molecule has 1 aliphatic heterocycles. The quantitative estimate of drug-likeness (QED) is 0.636. The zero-order chi connectivity index (χ0) is 21.8. The largest absolute Gasteiger partial charge is 0.494 e. The second kappa shape index (κ2) is 7.07. The lowest BCUT2D eigenvalue weighted by molar-refractivity contribution is -0.141. The molecule has 0 aliphatic carbocycles. The monoisotopic (exact) mass is 419 g/mol. The molecule has 9 heteroatoms. The second-order valence-corrected chi connectivity index (χ2v) is 7.62. The van der Waals surface area contributed by atoms with Gasteiger partial charge in [0.15, 0.2) is 5.69 Å². The molecule has 3 aromatic rings. The van der Waals surface area contributed by atoms with E-state index in [2.05, 4.69) is 22.0 Å². The standard InChI is InChI=1S/C21H24F3N5O/c1-12-7-6-8-15(20(12)30-5)29-10-9-14-18(13(29)2)26-28(4)19(14)16-11-17(21(22,23)24)25-27(16)3/h6-8,11,13H,9-10H2,1-5H3/t13-/m0/s1. The van der Waals surface area contributed by atoms with Gasteiger partial charge in [0, 0.05) is 26.2 Å². The summed E-state index contributed by atoms with van der Waals surface area (Å²) in [6, 6.07) is 7.06. The molecule has 30 heavy (non-hydrogen) atoms. The zero-order valence-corrected chi connectivity index (χ0v) is 17.6. The molecule has 2 aromatic heterocycles. The van der Waals surface area contributed by atoms with Crippen LogP contribution in [-0.4, -0.2) is 33.2 Å². The van der Waals surface area contributed by atoms with Crippen molar-refractivity contribution in [1.29, 1.82) is 0 Å². The third kappa shape index (κ3) is 3.12. The van der Waals surface area contributed by atoms with Crippen LogP contribution in [0.1, 0.15) is 35.5 Å². The van der Waals surface area contributed by atoms with Crippen molar-refractivity contribution in [2.75, 3.05) is 18.6 Å². The summed E-state index contributed by atoms with van der Waals surface area (Å²) in [7, 11) is 4.95. The lowest BCUT2D eigenvalue weighted by Gasteiger charge is -2.36. The Morgan fingerprint density at radius 1 is 1.13 bits per heavy atom. The average molecular weight is 419 g/mol. The van der Waals surface area contributed by atoms with Crippen molar-refractivity contribution in [1.82, 2.24) is 19.6 Å². The summed E-state index contributed by atoms with van der Waals surface area (Å²) in [5, 5.41) is 8.35. The molecule has 0 unspecified atom stereocenters. The summed E-state index contributed by atoms with van der Waals surface area (Å²) in [6.45, 7) is 4.76. The van der Waals surface area contributed by atoms with Crippen LogP contribution in [0.5, 0.6) is 5.75 Å². The van der Waals surface area contributed by atoms with Crippen molar-refractivity contribution in [3.05, 3.63) is 46.8 Å². The molecule has 0 saturated carbocycles. The Labute approximate surface area is 172 Å². The Hall–Kier alpha value is -2.97. The van der Waals surface area contributed by atoms with Gasteiger partial charge in [-0.05, 0) is 38.0 Å². The Morgan fingerprint density at radius 3 is 2.50 bits per heavy atom. The molecule has 1 aromatic carbocycles. The van der Waals surface area contributed by atoms with Crippen LogP contribution in [0.25, 0.3) is 11.4 Å². The summed E-state index contributed by atoms with van der Waals surface area (Å²) in [5.41, 5.74) is 4.05. The zero-order valence-electron chi connectivity index (χ0n) is 17.6. The topological polar surface area (TPSA) is 48.1 Å². The van der Waals surface area contributed by atoms with Crippen LogP contribution in [-0.2, 0) is 26.7 Å². The van der Waals surface area contributed by atoms with Crippen LogP contribution in [0, 0.1) is 6.92 Å². The molecule has 4 rings (SSSR count). The number of anilines is 1. The average Bonchev–Trinajstić information content (AvgIpc) is 3.21. The van der Waals surface area contributed by atoms with Crippen LogP contribution >= 0.6 is 0 Å². The summed E-state index contributed by atoms with van der Waals surface area (Å²) in [4.78, 5) is 2.23. The van der Waals surface area contributed by atoms with E-state index in [9.17, 15) is 13.2 Å². The van der Waals surface area contributed by atoms with Gasteiger partial charge >= 0.3 is 6.18 Å². The van der Waals surface area contributed by atoms with Gasteiger partial charge in [-0.1, -0.05) is 12.1 Å². The Bertz CT molecular complexity index is 1100. The number of para-hydroxylation sites is 1. The van der Waals surface area contributed by atoms with Crippen LogP contribution in [0.3, 0.4) is 0 Å². The van der Waals surface area contributed by atoms with Crippen molar-refractivity contribution in [2.24, 2.45) is 14.1 Å². The minimum absolute atomic E-state index is 0.0558. The Balaban J connectivity index is 1.78. The first-order valence-electron chi connectivity index (χ1n) is 9.71. The van der Waals surface area contributed by atoms with Gasteiger partial charge in [-0.15, -0.1) is 0 Å². The second-order valence-electron chi connectivity index (χ2n) is 7.62. The highest BCUT2D eigenvalue weighted by molar-refractivity contribution is 5.67. The predicted octanol–water partition coefficient (Wildman–Crippen LogP) is 4.28. The van der Waals surface area contributed by atoms with Crippen molar-refractivity contribution < 1.29 is 17.9 Å². The lowest BCUT2D eigenvalue weighted by atomic mass is 9.96. The van der Waals surface area contributed by atoms with Crippen LogP contribution in [0.4, 0.5) is 18.9 Å². The number of rotatable bonds is 3. The molecule has 6 nitrogen and oxygen atoms in total. The lowest BCUT2D eigenvalue weighted by Crippen LogP contribution is -2.34. The van der Waals surface area contributed by atoms with Gasteiger partial charge in [-0.2, -0.15) is 23.4 Å². The molecular weight excluding hydrogens is 395 g/mol. The van der Waals surface area contributed by atoms with E-state index in [0.717, 1.165) is 34.3 Å². The molecule has 0 fully saturated rings. The van der Waals surface area contributed by atoms with Gasteiger partial charge in [0.1, 0.15) is 5.75 Å². The fraction of sp³-hybridized carbons (Fsp3) is 0.429. The fourth-order valence-electron chi connectivity index (χ4n) is 4.35. The van der Waals surface area contributed by atoms with Crippen molar-refractivity contribution in [3.63, 3.8) is 0 Å². The van der Waals surface area contributed by atoms with Gasteiger partial charge in [0.25, 0.3) is 0 Å². The van der Waals surface area contributed by atoms with Crippen molar-refractivity contribution in [2.45, 2.75) is 32.5 Å². The van der Waals surface area contributed by atoms with E-state index < -0.39 is 11.9 Å². The van der Waals surface area contributed by atoms with Crippen LogP contribution < -0.4 is 9.64 Å². The van der Waals surface area contributed by atoms with Gasteiger partial charge in [0.2, 0.25) is 0 Å². The third-order valence-electron chi connectivity index (χ3n) is 5.76. The number of aromatic nitrogens is 4. The maximum absolute atomic E-state index is 13.2. The number of fused-ring (bicyclic) bond motifs is 1. The van der Waals surface area contributed by atoms with Gasteiger partial charge in [0.05, 0.1) is 35.9 Å². The molecule has 0 bridgehead atoms. The van der Waals surface area contributed by atoms with E-state index in [1.165, 1.54) is 11.7 Å². The molecule has 3 heterocycles. The molecule has 160 valence electrons. The van der Waals surface area contributed by atoms with Crippen LogP contribution in [0.2, 0.25) is 0 Å². The Kier molecular flexibility index (Phi) is 4.79. The smallest absolute Gasteiger partial charge is 0.435 e. The number of benzene rings is 1. The minimum atomic E-state index is -4.49. The van der Waals surface area contributed by atoms with E-state index in [1.54, 1.807) is 18.8 Å². The van der Waals surface area contributed by atoms with E-state index in [1.807, 2.05) is 25.1 Å². The van der Waals surface area contributed by atoms with E-state index >= 15 is 0 Å². The van der Waals surface area contributed by atoms with E-state index in [4.69, 9.17) is 4.74 Å². The number of aryl methyl sites for hydroxylation is 3. The molecule has 0 N–H and O–H groups in total. The minimum Gasteiger partial charge on any atom is -0.494 e. The SMILES string of the molecule is COc1c(C)cccc1N1CCc2c(nn(C)c2-c2cc(C(F)(F)F)nn2C)[C@@H]1C. The molecule has 1 aliphatic rings. The number of hydrogen-bond donors (Lipinski definition) is 0. The first kappa shape index (κ1) is 20.3.